The van der Waals surface area contributed by atoms with Crippen molar-refractivity contribution in [3.8, 4) is 11.6 Å². The van der Waals surface area contributed by atoms with E-state index in [1.165, 1.54) is 12.7 Å². The summed E-state index contributed by atoms with van der Waals surface area (Å²) in [6, 6.07) is 9.17. The first-order valence-electron chi connectivity index (χ1n) is 8.60. The van der Waals surface area contributed by atoms with Crippen molar-refractivity contribution in [2.24, 2.45) is 0 Å². The van der Waals surface area contributed by atoms with E-state index in [0.717, 1.165) is 5.82 Å². The number of methoxy groups -OCH3 is 1. The third kappa shape index (κ3) is 3.43. The molecule has 4 rings (SSSR count). The Morgan fingerprint density at radius 2 is 1.81 bits per heavy atom. The van der Waals surface area contributed by atoms with E-state index >= 15 is 0 Å². The van der Waals surface area contributed by atoms with Crippen molar-refractivity contribution < 1.29 is 9.53 Å². The largest absolute Gasteiger partial charge is 0.496 e. The molecule has 9 nitrogen and oxygen atoms in total. The zero-order chi connectivity index (χ0) is 18.6. The summed E-state index contributed by atoms with van der Waals surface area (Å²) >= 11 is 0. The smallest absolute Gasteiger partial charge is 0.257 e. The van der Waals surface area contributed by atoms with E-state index < -0.39 is 0 Å². The topological polar surface area (TPSA) is 89.3 Å². The van der Waals surface area contributed by atoms with Crippen LogP contribution in [0, 0.1) is 0 Å². The molecule has 0 N–H and O–H groups in total. The second-order valence-electron chi connectivity index (χ2n) is 6.05. The Balaban J connectivity index is 1.45. The monoisotopic (exact) mass is 365 g/mol. The van der Waals surface area contributed by atoms with Crippen LogP contribution in [0.2, 0.25) is 0 Å². The van der Waals surface area contributed by atoms with Crippen LogP contribution in [0.1, 0.15) is 10.4 Å². The molecule has 9 heteroatoms. The maximum atomic E-state index is 12.8. The molecule has 1 aromatic carbocycles. The molecule has 0 atom stereocenters. The SMILES string of the molecule is COc1ccccc1C(=O)N1CCN(c2cc(-n3cncn3)ncn2)CC1. The molecule has 0 saturated carbocycles. The van der Waals surface area contributed by atoms with Crippen molar-refractivity contribution in [2.45, 2.75) is 0 Å². The van der Waals surface area contributed by atoms with Gasteiger partial charge in [0.1, 0.15) is 30.5 Å². The summed E-state index contributed by atoms with van der Waals surface area (Å²) < 4.78 is 6.90. The van der Waals surface area contributed by atoms with Gasteiger partial charge in [-0.1, -0.05) is 12.1 Å². The number of benzene rings is 1. The Labute approximate surface area is 156 Å². The van der Waals surface area contributed by atoms with Gasteiger partial charge in [0, 0.05) is 32.2 Å². The molecule has 0 bridgehead atoms. The fourth-order valence-electron chi connectivity index (χ4n) is 3.09. The van der Waals surface area contributed by atoms with Crippen LogP contribution < -0.4 is 9.64 Å². The van der Waals surface area contributed by atoms with Gasteiger partial charge in [-0.25, -0.2) is 19.6 Å². The van der Waals surface area contributed by atoms with Gasteiger partial charge in [-0.15, -0.1) is 0 Å². The maximum absolute atomic E-state index is 12.8. The van der Waals surface area contributed by atoms with Crippen LogP contribution in [0.5, 0.6) is 5.75 Å². The molecule has 1 saturated heterocycles. The molecule has 0 aliphatic carbocycles. The number of hydrogen-bond donors (Lipinski definition) is 0. The number of nitrogens with zero attached hydrogens (tertiary/aromatic N) is 7. The molecular weight excluding hydrogens is 346 g/mol. The first-order valence-corrected chi connectivity index (χ1v) is 8.60. The molecule has 1 amide bonds. The molecule has 0 spiro atoms. The molecule has 3 heterocycles. The van der Waals surface area contributed by atoms with Crippen LogP contribution in [0.4, 0.5) is 5.82 Å². The number of piperazine rings is 1. The summed E-state index contributed by atoms with van der Waals surface area (Å²) in [4.78, 5) is 29.3. The number of aromatic nitrogens is 5. The van der Waals surface area contributed by atoms with Crippen LogP contribution in [0.15, 0.2) is 49.3 Å². The minimum atomic E-state index is -0.0157. The normalized spacial score (nSPS) is 14.3. The molecule has 0 radical (unpaired) electrons. The van der Waals surface area contributed by atoms with Gasteiger partial charge >= 0.3 is 0 Å². The van der Waals surface area contributed by atoms with E-state index in [1.807, 2.05) is 23.1 Å². The molecule has 2 aromatic heterocycles. The minimum absolute atomic E-state index is 0.0157. The number of rotatable bonds is 4. The first kappa shape index (κ1) is 17.0. The van der Waals surface area contributed by atoms with Crippen molar-refractivity contribution in [3.05, 3.63) is 54.9 Å². The lowest BCUT2D eigenvalue weighted by Gasteiger charge is -2.35. The van der Waals surface area contributed by atoms with Crippen LogP contribution >= 0.6 is 0 Å². The number of carbonyl (C=O) groups is 1. The lowest BCUT2D eigenvalue weighted by molar-refractivity contribution is 0.0743. The van der Waals surface area contributed by atoms with Crippen molar-refractivity contribution in [2.75, 3.05) is 38.2 Å². The highest BCUT2D eigenvalue weighted by atomic mass is 16.5. The van der Waals surface area contributed by atoms with Crippen LogP contribution in [-0.2, 0) is 0 Å². The Bertz CT molecular complexity index is 921. The molecule has 1 aliphatic heterocycles. The van der Waals surface area contributed by atoms with Crippen molar-refractivity contribution in [3.63, 3.8) is 0 Å². The maximum Gasteiger partial charge on any atom is 0.257 e. The Kier molecular flexibility index (Phi) is 4.65. The second kappa shape index (κ2) is 7.40. The van der Waals surface area contributed by atoms with Crippen molar-refractivity contribution in [1.82, 2.24) is 29.6 Å². The summed E-state index contributed by atoms with van der Waals surface area (Å²) in [7, 11) is 1.58. The van der Waals surface area contributed by atoms with Gasteiger partial charge in [0.15, 0.2) is 5.82 Å². The Morgan fingerprint density at radius 3 is 2.56 bits per heavy atom. The molecule has 1 aliphatic rings. The van der Waals surface area contributed by atoms with Gasteiger partial charge in [-0.3, -0.25) is 4.79 Å². The summed E-state index contributed by atoms with van der Waals surface area (Å²) in [5.74, 6) is 2.04. The van der Waals surface area contributed by atoms with E-state index in [9.17, 15) is 4.79 Å². The average Bonchev–Trinajstić information content (AvgIpc) is 3.28. The van der Waals surface area contributed by atoms with Gasteiger partial charge in [-0.05, 0) is 12.1 Å². The van der Waals surface area contributed by atoms with E-state index in [-0.39, 0.29) is 5.91 Å². The zero-order valence-electron chi connectivity index (χ0n) is 14.9. The third-order valence-corrected chi connectivity index (χ3v) is 4.52. The minimum Gasteiger partial charge on any atom is -0.496 e. The highest BCUT2D eigenvalue weighted by molar-refractivity contribution is 5.97. The highest BCUT2D eigenvalue weighted by Crippen LogP contribution is 2.21. The van der Waals surface area contributed by atoms with Gasteiger partial charge in [-0.2, -0.15) is 5.10 Å². The average molecular weight is 365 g/mol. The fourth-order valence-corrected chi connectivity index (χ4v) is 3.09. The van der Waals surface area contributed by atoms with E-state index in [0.29, 0.717) is 43.3 Å². The lowest BCUT2D eigenvalue weighted by Crippen LogP contribution is -2.49. The van der Waals surface area contributed by atoms with E-state index in [2.05, 4.69) is 25.0 Å². The number of carbonyl (C=O) groups excluding carboxylic acids is 1. The van der Waals surface area contributed by atoms with E-state index in [1.54, 1.807) is 30.3 Å². The standard InChI is InChI=1S/C18H19N7O2/c1-27-15-5-3-2-4-14(15)18(26)24-8-6-23(7-9-24)16-10-17(21-12-20-16)25-13-19-11-22-25/h2-5,10-13H,6-9H2,1H3. The van der Waals surface area contributed by atoms with Gasteiger partial charge in [0.05, 0.1) is 12.7 Å². The summed E-state index contributed by atoms with van der Waals surface area (Å²) in [6.45, 7) is 2.60. The molecule has 1 fully saturated rings. The van der Waals surface area contributed by atoms with Gasteiger partial charge in [0.25, 0.3) is 5.91 Å². The predicted octanol–water partition coefficient (Wildman–Crippen LogP) is 1.03. The highest BCUT2D eigenvalue weighted by Gasteiger charge is 2.25. The Morgan fingerprint density at radius 1 is 1.04 bits per heavy atom. The zero-order valence-corrected chi connectivity index (χ0v) is 14.9. The van der Waals surface area contributed by atoms with Crippen LogP contribution in [0.25, 0.3) is 5.82 Å². The molecule has 27 heavy (non-hydrogen) atoms. The van der Waals surface area contributed by atoms with Gasteiger partial charge < -0.3 is 14.5 Å². The number of ether oxygens (including phenoxy) is 1. The lowest BCUT2D eigenvalue weighted by atomic mass is 10.1. The third-order valence-electron chi connectivity index (χ3n) is 4.52. The van der Waals surface area contributed by atoms with Crippen molar-refractivity contribution >= 4 is 11.7 Å². The fraction of sp³-hybridized carbons (Fsp3) is 0.278. The second-order valence-corrected chi connectivity index (χ2v) is 6.05. The summed E-state index contributed by atoms with van der Waals surface area (Å²) in [6.07, 6.45) is 4.57. The Hall–Kier alpha value is -3.49. The number of hydrogen-bond acceptors (Lipinski definition) is 7. The molecule has 3 aromatic rings. The predicted molar refractivity (Wildman–Crippen MR) is 98.1 cm³/mol. The molecular formula is C18H19N7O2. The van der Waals surface area contributed by atoms with Gasteiger partial charge in [0.2, 0.25) is 0 Å². The number of anilines is 1. The quantitative estimate of drug-likeness (QED) is 0.682. The van der Waals surface area contributed by atoms with Crippen molar-refractivity contribution in [1.29, 1.82) is 0 Å². The van der Waals surface area contributed by atoms with Crippen LogP contribution in [-0.4, -0.2) is 68.8 Å². The van der Waals surface area contributed by atoms with E-state index in [4.69, 9.17) is 4.74 Å². The molecule has 0 unspecified atom stereocenters. The number of amides is 1. The summed E-state index contributed by atoms with van der Waals surface area (Å²) in [5, 5.41) is 4.09. The number of para-hydroxylation sites is 1. The summed E-state index contributed by atoms with van der Waals surface area (Å²) in [5.41, 5.74) is 0.587. The molecule has 138 valence electrons. The first-order chi connectivity index (χ1) is 13.3. The van der Waals surface area contributed by atoms with Crippen LogP contribution in [0.3, 0.4) is 0 Å².